The summed E-state index contributed by atoms with van der Waals surface area (Å²) in [5, 5.41) is 6.84. The van der Waals surface area contributed by atoms with Gasteiger partial charge in [0.25, 0.3) is 5.91 Å². The van der Waals surface area contributed by atoms with Gasteiger partial charge in [-0.05, 0) is 63.3 Å². The summed E-state index contributed by atoms with van der Waals surface area (Å²) in [6, 6.07) is 5.85. The fourth-order valence-corrected chi connectivity index (χ4v) is 6.62. The van der Waals surface area contributed by atoms with Gasteiger partial charge in [0.05, 0.1) is 22.3 Å². The van der Waals surface area contributed by atoms with Crippen molar-refractivity contribution in [2.45, 2.75) is 70.4 Å². The van der Waals surface area contributed by atoms with Gasteiger partial charge in [-0.1, -0.05) is 31.4 Å². The van der Waals surface area contributed by atoms with Crippen molar-refractivity contribution in [1.82, 2.24) is 20.2 Å². The maximum absolute atomic E-state index is 13.3. The molecule has 0 bridgehead atoms. The number of benzene rings is 1. The Bertz CT molecular complexity index is 1250. The van der Waals surface area contributed by atoms with Gasteiger partial charge in [-0.2, -0.15) is 4.98 Å². The van der Waals surface area contributed by atoms with Gasteiger partial charge in [0.15, 0.2) is 5.82 Å². The summed E-state index contributed by atoms with van der Waals surface area (Å²) in [6.07, 6.45) is 10.2. The van der Waals surface area contributed by atoms with Crippen molar-refractivity contribution in [1.29, 1.82) is 0 Å². The Morgan fingerprint density at radius 2 is 1.90 bits per heavy atom. The van der Waals surface area contributed by atoms with Crippen molar-refractivity contribution < 1.29 is 9.59 Å². The number of nitrogens with one attached hydrogen (secondary N) is 2. The highest BCUT2D eigenvalue weighted by Gasteiger charge is 2.55. The van der Waals surface area contributed by atoms with Crippen molar-refractivity contribution in [3.05, 3.63) is 35.0 Å². The third-order valence-corrected chi connectivity index (χ3v) is 9.39. The predicted octanol–water partition coefficient (Wildman–Crippen LogP) is 4.59. The summed E-state index contributed by atoms with van der Waals surface area (Å²) in [5.41, 5.74) is 1.63. The Labute approximate surface area is 235 Å². The van der Waals surface area contributed by atoms with Crippen LogP contribution in [0, 0.1) is 5.41 Å². The summed E-state index contributed by atoms with van der Waals surface area (Å²) in [5.74, 6) is 1.29. The number of nitrogens with zero attached hydrogens (tertiary/aromatic N) is 5. The SMILES string of the molecule is CCN1CCC(NC(=O)c2ccc(Nc3ncc4c(n3)N(C3CCCC3)CC3(CC3)C(=O)N4C)c(Cl)c2)CC1. The van der Waals surface area contributed by atoms with Crippen LogP contribution < -0.4 is 20.4 Å². The van der Waals surface area contributed by atoms with Crippen LogP contribution in [0.5, 0.6) is 0 Å². The van der Waals surface area contributed by atoms with Gasteiger partial charge in [0, 0.05) is 44.3 Å². The summed E-state index contributed by atoms with van der Waals surface area (Å²) < 4.78 is 0. The van der Waals surface area contributed by atoms with Gasteiger partial charge < -0.3 is 25.3 Å². The molecule has 4 aliphatic rings. The van der Waals surface area contributed by atoms with E-state index in [-0.39, 0.29) is 23.3 Å². The Hall–Kier alpha value is -2.91. The van der Waals surface area contributed by atoms with E-state index >= 15 is 0 Å². The molecule has 9 nitrogen and oxygen atoms in total. The fraction of sp³-hybridized carbons (Fsp3) is 0.586. The van der Waals surface area contributed by atoms with E-state index in [0.717, 1.165) is 69.7 Å². The fourth-order valence-electron chi connectivity index (χ4n) is 6.39. The van der Waals surface area contributed by atoms with E-state index in [0.29, 0.717) is 34.8 Å². The molecule has 3 fully saturated rings. The van der Waals surface area contributed by atoms with Crippen LogP contribution in [0.4, 0.5) is 23.1 Å². The third-order valence-electron chi connectivity index (χ3n) is 9.08. The highest BCUT2D eigenvalue weighted by Crippen LogP contribution is 2.52. The molecule has 3 heterocycles. The lowest BCUT2D eigenvalue weighted by atomic mass is 10.0. The molecule has 0 unspecified atom stereocenters. The van der Waals surface area contributed by atoms with Gasteiger partial charge in [-0.3, -0.25) is 9.59 Å². The molecule has 2 aliphatic heterocycles. The first kappa shape index (κ1) is 26.3. The van der Waals surface area contributed by atoms with Gasteiger partial charge >= 0.3 is 0 Å². The van der Waals surface area contributed by atoms with Crippen LogP contribution in [0.2, 0.25) is 5.02 Å². The van der Waals surface area contributed by atoms with Crippen LogP contribution in [0.1, 0.15) is 68.6 Å². The second-order valence-corrected chi connectivity index (χ2v) is 12.0. The molecule has 2 saturated carbocycles. The Kier molecular flexibility index (Phi) is 7.14. The average Bonchev–Trinajstić information content (AvgIpc) is 3.55. The molecule has 2 N–H and O–H groups in total. The largest absolute Gasteiger partial charge is 0.351 e. The standard InChI is InChI=1S/C29H38ClN7O2/c1-3-36-14-10-20(11-15-36)32-26(38)19-8-9-23(22(30)16-19)33-28-31-17-24-25(34-28)37(21-6-4-5-7-21)18-29(12-13-29)27(39)35(24)2/h8-9,16-17,20-21H,3-7,10-15,18H2,1-2H3,(H,32,38)(H,31,33,34). The van der Waals surface area contributed by atoms with Crippen molar-refractivity contribution in [3.8, 4) is 0 Å². The predicted molar refractivity (Wildman–Crippen MR) is 154 cm³/mol. The second-order valence-electron chi connectivity index (χ2n) is 11.6. The van der Waals surface area contributed by atoms with Crippen molar-refractivity contribution >= 4 is 46.6 Å². The molecule has 1 aromatic heterocycles. The number of hydrogen-bond acceptors (Lipinski definition) is 7. The lowest BCUT2D eigenvalue weighted by Crippen LogP contribution is -2.44. The molecule has 0 atom stereocenters. The van der Waals surface area contributed by atoms with E-state index in [1.807, 2.05) is 7.05 Å². The normalized spacial score (nSPS) is 21.7. The molecule has 1 spiro atoms. The van der Waals surface area contributed by atoms with Crippen LogP contribution in [-0.2, 0) is 4.79 Å². The zero-order valence-electron chi connectivity index (χ0n) is 22.9. The first-order chi connectivity index (χ1) is 18.9. The average molecular weight is 552 g/mol. The number of carbonyl (C=O) groups excluding carboxylic acids is 2. The number of fused-ring (bicyclic) bond motifs is 1. The number of aromatic nitrogens is 2. The molecular formula is C29H38ClN7O2. The molecule has 6 rings (SSSR count). The van der Waals surface area contributed by atoms with E-state index in [1.165, 1.54) is 12.8 Å². The van der Waals surface area contributed by atoms with Crippen LogP contribution in [-0.4, -0.2) is 72.0 Å². The first-order valence-corrected chi connectivity index (χ1v) is 14.8. The molecule has 2 aliphatic carbocycles. The Morgan fingerprint density at radius 3 is 2.56 bits per heavy atom. The third kappa shape index (κ3) is 5.18. The van der Waals surface area contributed by atoms with Crippen LogP contribution in [0.3, 0.4) is 0 Å². The van der Waals surface area contributed by atoms with E-state index in [2.05, 4.69) is 32.3 Å². The number of anilines is 4. The maximum Gasteiger partial charge on any atom is 0.251 e. The van der Waals surface area contributed by atoms with E-state index in [1.54, 1.807) is 29.3 Å². The summed E-state index contributed by atoms with van der Waals surface area (Å²) >= 11 is 6.63. The monoisotopic (exact) mass is 551 g/mol. The number of carbonyl (C=O) groups is 2. The Morgan fingerprint density at radius 1 is 1.15 bits per heavy atom. The van der Waals surface area contributed by atoms with Gasteiger partial charge in [-0.15, -0.1) is 0 Å². The van der Waals surface area contributed by atoms with E-state index in [4.69, 9.17) is 16.6 Å². The molecular weight excluding hydrogens is 514 g/mol. The van der Waals surface area contributed by atoms with Gasteiger partial charge in [0.2, 0.25) is 11.9 Å². The quantitative estimate of drug-likeness (QED) is 0.542. The van der Waals surface area contributed by atoms with Crippen LogP contribution >= 0.6 is 11.6 Å². The zero-order valence-corrected chi connectivity index (χ0v) is 23.6. The van der Waals surface area contributed by atoms with E-state index < -0.39 is 0 Å². The molecule has 1 saturated heterocycles. The zero-order chi connectivity index (χ0) is 27.1. The second kappa shape index (κ2) is 10.6. The minimum Gasteiger partial charge on any atom is -0.351 e. The molecule has 2 amide bonds. The molecule has 0 radical (unpaired) electrons. The van der Waals surface area contributed by atoms with Crippen molar-refractivity contribution in [3.63, 3.8) is 0 Å². The number of halogens is 1. The summed E-state index contributed by atoms with van der Waals surface area (Å²) in [4.78, 5) is 42.2. The van der Waals surface area contributed by atoms with Crippen LogP contribution in [0.25, 0.3) is 0 Å². The smallest absolute Gasteiger partial charge is 0.251 e. The maximum atomic E-state index is 13.3. The van der Waals surface area contributed by atoms with Crippen LogP contribution in [0.15, 0.2) is 24.4 Å². The number of rotatable bonds is 6. The lowest BCUT2D eigenvalue weighted by Gasteiger charge is -2.31. The number of likely N-dealkylation sites (tertiary alicyclic amines) is 1. The lowest BCUT2D eigenvalue weighted by molar-refractivity contribution is -0.122. The van der Waals surface area contributed by atoms with Crippen molar-refractivity contribution in [2.24, 2.45) is 5.41 Å². The number of piperidine rings is 1. The topological polar surface area (TPSA) is 93.7 Å². The summed E-state index contributed by atoms with van der Waals surface area (Å²) in [6.45, 7) is 5.95. The first-order valence-electron chi connectivity index (χ1n) is 14.4. The highest BCUT2D eigenvalue weighted by atomic mass is 35.5. The molecule has 10 heteroatoms. The number of amides is 2. The molecule has 2 aromatic rings. The highest BCUT2D eigenvalue weighted by molar-refractivity contribution is 6.33. The Balaban J connectivity index is 1.20. The molecule has 208 valence electrons. The van der Waals surface area contributed by atoms with Gasteiger partial charge in [0.1, 0.15) is 5.69 Å². The van der Waals surface area contributed by atoms with Crippen molar-refractivity contribution in [2.75, 3.05) is 48.3 Å². The van der Waals surface area contributed by atoms with E-state index in [9.17, 15) is 9.59 Å². The molecule has 39 heavy (non-hydrogen) atoms. The molecule has 1 aromatic carbocycles. The van der Waals surface area contributed by atoms with Gasteiger partial charge in [-0.25, -0.2) is 4.98 Å². The number of hydrogen-bond donors (Lipinski definition) is 2. The minimum absolute atomic E-state index is 0.103. The minimum atomic E-state index is -0.293. The summed E-state index contributed by atoms with van der Waals surface area (Å²) in [7, 11) is 1.84.